The topological polar surface area (TPSA) is 71.8 Å². The van der Waals surface area contributed by atoms with Crippen molar-refractivity contribution in [2.45, 2.75) is 51.6 Å². The van der Waals surface area contributed by atoms with Crippen LogP contribution in [0.15, 0.2) is 36.7 Å². The highest BCUT2D eigenvalue weighted by Crippen LogP contribution is 2.28. The summed E-state index contributed by atoms with van der Waals surface area (Å²) in [4.78, 5) is 12.2. The van der Waals surface area contributed by atoms with Crippen LogP contribution < -0.4 is 10.6 Å². The lowest BCUT2D eigenvalue weighted by Gasteiger charge is -2.29. The number of nitrogens with zero attached hydrogens (tertiary/aromatic N) is 3. The van der Waals surface area contributed by atoms with Gasteiger partial charge in [0.25, 0.3) is 0 Å². The van der Waals surface area contributed by atoms with Crippen LogP contribution in [0, 0.1) is 0 Å². The Labute approximate surface area is 143 Å². The smallest absolute Gasteiger partial charge is 0.315 e. The standard InChI is InChI=1S/C18H27N5O/c1-13(11-18(3,4)15-9-7-6-8-10-15)20-17(24)21-14(2)16-22-19-12-23(16)5/h6-10,12-14H,11H2,1-5H3,(H2,20,21,24)/t13-,14+/m1/s1. The molecule has 0 bridgehead atoms. The molecule has 0 aliphatic heterocycles. The summed E-state index contributed by atoms with van der Waals surface area (Å²) in [6.07, 6.45) is 2.47. The van der Waals surface area contributed by atoms with Gasteiger partial charge in [-0.05, 0) is 31.2 Å². The summed E-state index contributed by atoms with van der Waals surface area (Å²) in [6, 6.07) is 10.0. The summed E-state index contributed by atoms with van der Waals surface area (Å²) >= 11 is 0. The Hall–Kier alpha value is -2.37. The molecule has 6 nitrogen and oxygen atoms in total. The SMILES string of the molecule is C[C@H](CC(C)(C)c1ccccc1)NC(=O)N[C@@H](C)c1nncn1C. The zero-order chi connectivity index (χ0) is 17.7. The second-order valence-electron chi connectivity index (χ2n) is 6.99. The van der Waals surface area contributed by atoms with Gasteiger partial charge in [-0.2, -0.15) is 0 Å². The van der Waals surface area contributed by atoms with Gasteiger partial charge in [0.1, 0.15) is 6.33 Å². The Morgan fingerprint density at radius 1 is 1.21 bits per heavy atom. The number of carbonyl (C=O) groups excluding carboxylic acids is 1. The Morgan fingerprint density at radius 3 is 2.46 bits per heavy atom. The van der Waals surface area contributed by atoms with Gasteiger partial charge in [-0.1, -0.05) is 44.2 Å². The van der Waals surface area contributed by atoms with Crippen LogP contribution in [0.1, 0.15) is 51.5 Å². The minimum Gasteiger partial charge on any atom is -0.336 e. The molecule has 6 heteroatoms. The van der Waals surface area contributed by atoms with Gasteiger partial charge >= 0.3 is 6.03 Å². The van der Waals surface area contributed by atoms with E-state index in [0.717, 1.165) is 12.2 Å². The van der Waals surface area contributed by atoms with Crippen LogP contribution in [-0.4, -0.2) is 26.8 Å². The first-order valence-electron chi connectivity index (χ1n) is 8.26. The highest BCUT2D eigenvalue weighted by Gasteiger charge is 2.24. The Kier molecular flexibility index (Phi) is 5.59. The van der Waals surface area contributed by atoms with Crippen LogP contribution >= 0.6 is 0 Å². The normalized spacial score (nSPS) is 14.0. The fourth-order valence-corrected chi connectivity index (χ4v) is 3.03. The average Bonchev–Trinajstić information content (AvgIpc) is 2.93. The molecule has 0 aliphatic carbocycles. The molecular formula is C18H27N5O. The molecule has 0 aliphatic rings. The van der Waals surface area contributed by atoms with Gasteiger partial charge in [0, 0.05) is 13.1 Å². The monoisotopic (exact) mass is 329 g/mol. The van der Waals surface area contributed by atoms with Crippen molar-refractivity contribution in [3.8, 4) is 0 Å². The maximum Gasteiger partial charge on any atom is 0.315 e. The molecule has 0 unspecified atom stereocenters. The Morgan fingerprint density at radius 2 is 1.88 bits per heavy atom. The van der Waals surface area contributed by atoms with Crippen molar-refractivity contribution in [1.29, 1.82) is 0 Å². The van der Waals surface area contributed by atoms with Crippen LogP contribution in [0.3, 0.4) is 0 Å². The van der Waals surface area contributed by atoms with E-state index in [4.69, 9.17) is 0 Å². The molecule has 2 atom stereocenters. The molecule has 1 aromatic carbocycles. The molecule has 0 saturated heterocycles. The number of benzene rings is 1. The number of hydrogen-bond donors (Lipinski definition) is 2. The summed E-state index contributed by atoms with van der Waals surface area (Å²) in [5, 5.41) is 13.8. The Bertz CT molecular complexity index is 665. The van der Waals surface area contributed by atoms with E-state index in [9.17, 15) is 4.79 Å². The van der Waals surface area contributed by atoms with Crippen molar-refractivity contribution in [1.82, 2.24) is 25.4 Å². The third kappa shape index (κ3) is 4.57. The van der Waals surface area contributed by atoms with Crippen molar-refractivity contribution >= 4 is 6.03 Å². The van der Waals surface area contributed by atoms with Crippen LogP contribution in [0.25, 0.3) is 0 Å². The van der Waals surface area contributed by atoms with Crippen molar-refractivity contribution < 1.29 is 4.79 Å². The maximum atomic E-state index is 12.2. The first kappa shape index (κ1) is 18.0. The van der Waals surface area contributed by atoms with Gasteiger partial charge < -0.3 is 15.2 Å². The quantitative estimate of drug-likeness (QED) is 0.856. The van der Waals surface area contributed by atoms with Crippen LogP contribution in [0.5, 0.6) is 0 Å². The molecular weight excluding hydrogens is 302 g/mol. The fraction of sp³-hybridized carbons (Fsp3) is 0.500. The minimum atomic E-state index is -0.202. The van der Waals surface area contributed by atoms with Gasteiger partial charge in [0.15, 0.2) is 5.82 Å². The van der Waals surface area contributed by atoms with E-state index in [-0.39, 0.29) is 23.5 Å². The zero-order valence-electron chi connectivity index (χ0n) is 15.1. The van der Waals surface area contributed by atoms with Gasteiger partial charge in [0.2, 0.25) is 0 Å². The summed E-state index contributed by atoms with van der Waals surface area (Å²) in [5.74, 6) is 0.724. The summed E-state index contributed by atoms with van der Waals surface area (Å²) in [7, 11) is 1.86. The highest BCUT2D eigenvalue weighted by molar-refractivity contribution is 5.74. The molecule has 1 aromatic heterocycles. The number of hydrogen-bond acceptors (Lipinski definition) is 3. The maximum absolute atomic E-state index is 12.2. The predicted molar refractivity (Wildman–Crippen MR) is 94.6 cm³/mol. The molecule has 0 spiro atoms. The number of carbonyl (C=O) groups is 1. The van der Waals surface area contributed by atoms with E-state index in [1.165, 1.54) is 5.56 Å². The third-order valence-corrected chi connectivity index (χ3v) is 4.23. The molecule has 0 fully saturated rings. The van der Waals surface area contributed by atoms with E-state index in [0.29, 0.717) is 0 Å². The fourth-order valence-electron chi connectivity index (χ4n) is 3.03. The molecule has 130 valence electrons. The second-order valence-corrected chi connectivity index (χ2v) is 6.99. The number of aryl methyl sites for hydroxylation is 1. The number of nitrogens with one attached hydrogen (secondary N) is 2. The molecule has 2 rings (SSSR count). The lowest BCUT2D eigenvalue weighted by atomic mass is 9.79. The molecule has 2 amide bonds. The first-order chi connectivity index (χ1) is 11.3. The molecule has 2 N–H and O–H groups in total. The zero-order valence-corrected chi connectivity index (χ0v) is 15.1. The van der Waals surface area contributed by atoms with Gasteiger partial charge in [0.05, 0.1) is 6.04 Å². The van der Waals surface area contributed by atoms with Crippen molar-refractivity contribution in [3.63, 3.8) is 0 Å². The van der Waals surface area contributed by atoms with E-state index in [1.54, 1.807) is 10.9 Å². The van der Waals surface area contributed by atoms with Crippen molar-refractivity contribution in [2.75, 3.05) is 0 Å². The Balaban J connectivity index is 1.89. The van der Waals surface area contributed by atoms with E-state index < -0.39 is 0 Å². The molecule has 0 saturated carbocycles. The second kappa shape index (κ2) is 7.47. The van der Waals surface area contributed by atoms with Gasteiger partial charge in [-0.15, -0.1) is 10.2 Å². The van der Waals surface area contributed by atoms with Gasteiger partial charge in [-0.25, -0.2) is 4.79 Å². The number of amides is 2. The molecule has 24 heavy (non-hydrogen) atoms. The largest absolute Gasteiger partial charge is 0.336 e. The summed E-state index contributed by atoms with van der Waals surface area (Å²) in [6.45, 7) is 8.31. The number of aromatic nitrogens is 3. The lowest BCUT2D eigenvalue weighted by molar-refractivity contribution is 0.231. The van der Waals surface area contributed by atoms with Crippen LogP contribution in [0.2, 0.25) is 0 Å². The summed E-state index contributed by atoms with van der Waals surface area (Å²) in [5.41, 5.74) is 1.26. The van der Waals surface area contributed by atoms with Crippen molar-refractivity contribution in [2.24, 2.45) is 7.05 Å². The number of urea groups is 1. The van der Waals surface area contributed by atoms with Crippen molar-refractivity contribution in [3.05, 3.63) is 48.0 Å². The van der Waals surface area contributed by atoms with Crippen LogP contribution in [-0.2, 0) is 12.5 Å². The van der Waals surface area contributed by atoms with E-state index in [1.807, 2.05) is 39.1 Å². The minimum absolute atomic E-state index is 0.0107. The number of rotatable bonds is 6. The molecule has 1 heterocycles. The van der Waals surface area contributed by atoms with Crippen LogP contribution in [0.4, 0.5) is 4.79 Å². The average molecular weight is 329 g/mol. The summed E-state index contributed by atoms with van der Waals surface area (Å²) < 4.78 is 1.80. The van der Waals surface area contributed by atoms with E-state index in [2.05, 4.69) is 46.8 Å². The molecule has 2 aromatic rings. The first-order valence-corrected chi connectivity index (χ1v) is 8.26. The predicted octanol–water partition coefficient (Wildman–Crippen LogP) is 2.93. The lowest BCUT2D eigenvalue weighted by Crippen LogP contribution is -2.44. The van der Waals surface area contributed by atoms with E-state index >= 15 is 0 Å². The van der Waals surface area contributed by atoms with Gasteiger partial charge in [-0.3, -0.25) is 0 Å². The highest BCUT2D eigenvalue weighted by atomic mass is 16.2. The third-order valence-electron chi connectivity index (χ3n) is 4.23. The molecule has 0 radical (unpaired) electrons.